The van der Waals surface area contributed by atoms with Crippen LogP contribution in [0.15, 0.2) is 48.5 Å². The third-order valence-corrected chi connectivity index (χ3v) is 7.09. The van der Waals surface area contributed by atoms with Crippen molar-refractivity contribution in [3.8, 4) is 0 Å². The molecule has 180 valence electrons. The predicted molar refractivity (Wildman–Crippen MR) is 131 cm³/mol. The van der Waals surface area contributed by atoms with E-state index in [1.807, 2.05) is 48.3 Å². The number of aryl methyl sites for hydroxylation is 1. The number of amides is 1. The van der Waals surface area contributed by atoms with E-state index in [1.165, 1.54) is 12.1 Å². The topological polar surface area (TPSA) is 62.5 Å². The number of likely N-dealkylation sites (N-methyl/N-ethyl adjacent to an activating group) is 1. The SMILES string of the molecule is CN(C(=O)CCCCCCc1ccc(F)cc1)C1CCc2c(CC(=O)O)c3ccccc3n2C1. The Bertz CT molecular complexity index is 1150. The number of hydrogen-bond acceptors (Lipinski definition) is 2. The number of para-hydroxylation sites is 1. The summed E-state index contributed by atoms with van der Waals surface area (Å²) in [5.74, 6) is -0.841. The van der Waals surface area contributed by atoms with E-state index in [2.05, 4.69) is 4.57 Å². The molecule has 2 aromatic carbocycles. The molecule has 1 aromatic heterocycles. The fourth-order valence-electron chi connectivity index (χ4n) is 5.18. The molecule has 0 saturated heterocycles. The molecule has 1 unspecified atom stereocenters. The molecule has 0 radical (unpaired) electrons. The molecule has 2 heterocycles. The van der Waals surface area contributed by atoms with Crippen LogP contribution in [0.2, 0.25) is 0 Å². The van der Waals surface area contributed by atoms with Crippen molar-refractivity contribution in [3.63, 3.8) is 0 Å². The molecule has 0 aliphatic carbocycles. The lowest BCUT2D eigenvalue weighted by Gasteiger charge is -2.33. The van der Waals surface area contributed by atoms with Gasteiger partial charge in [0.2, 0.25) is 5.91 Å². The number of carbonyl (C=O) groups excluding carboxylic acids is 1. The van der Waals surface area contributed by atoms with Crippen LogP contribution >= 0.6 is 0 Å². The molecule has 1 N–H and O–H groups in total. The zero-order valence-electron chi connectivity index (χ0n) is 19.8. The van der Waals surface area contributed by atoms with Gasteiger partial charge in [-0.15, -0.1) is 0 Å². The molecule has 4 rings (SSSR count). The van der Waals surface area contributed by atoms with Crippen molar-refractivity contribution >= 4 is 22.8 Å². The Morgan fingerprint density at radius 2 is 1.79 bits per heavy atom. The van der Waals surface area contributed by atoms with Gasteiger partial charge < -0.3 is 14.6 Å². The highest BCUT2D eigenvalue weighted by atomic mass is 19.1. The van der Waals surface area contributed by atoms with Gasteiger partial charge >= 0.3 is 5.97 Å². The molecule has 0 bridgehead atoms. The average molecular weight is 465 g/mol. The number of carboxylic acids is 1. The van der Waals surface area contributed by atoms with Crippen LogP contribution in [0.3, 0.4) is 0 Å². The van der Waals surface area contributed by atoms with E-state index in [0.717, 1.165) is 72.7 Å². The zero-order valence-corrected chi connectivity index (χ0v) is 19.8. The second kappa shape index (κ2) is 10.9. The van der Waals surface area contributed by atoms with E-state index < -0.39 is 5.97 Å². The maximum Gasteiger partial charge on any atom is 0.307 e. The number of halogens is 1. The Hall–Kier alpha value is -3.15. The van der Waals surface area contributed by atoms with Crippen molar-refractivity contribution in [2.24, 2.45) is 0 Å². The first-order valence-corrected chi connectivity index (χ1v) is 12.2. The van der Waals surface area contributed by atoms with Gasteiger partial charge in [0.25, 0.3) is 0 Å². The normalized spacial score (nSPS) is 15.3. The monoisotopic (exact) mass is 464 g/mol. The van der Waals surface area contributed by atoms with E-state index in [9.17, 15) is 19.1 Å². The lowest BCUT2D eigenvalue weighted by atomic mass is 9.99. The molecule has 3 aromatic rings. The Morgan fingerprint density at radius 3 is 2.56 bits per heavy atom. The standard InChI is InChI=1S/C28H33FN2O3/c1-30(27(32)11-5-3-2-4-8-20-12-14-21(29)15-13-20)22-16-17-26-24(18-28(33)34)23-9-6-7-10-25(23)31(26)19-22/h6-7,9-10,12-15,22H,2-5,8,11,16-19H2,1H3,(H,33,34). The average Bonchev–Trinajstić information content (AvgIpc) is 3.14. The molecule has 0 spiro atoms. The summed E-state index contributed by atoms with van der Waals surface area (Å²) in [6.45, 7) is 0.704. The quantitative estimate of drug-likeness (QED) is 0.410. The molecular formula is C28H33FN2O3. The van der Waals surface area contributed by atoms with Crippen molar-refractivity contribution < 1.29 is 19.1 Å². The lowest BCUT2D eigenvalue weighted by molar-refractivity contribution is -0.136. The highest BCUT2D eigenvalue weighted by molar-refractivity contribution is 5.89. The van der Waals surface area contributed by atoms with E-state index in [1.54, 1.807) is 0 Å². The van der Waals surface area contributed by atoms with E-state index in [4.69, 9.17) is 0 Å². The van der Waals surface area contributed by atoms with Crippen LogP contribution in [-0.4, -0.2) is 39.5 Å². The minimum Gasteiger partial charge on any atom is -0.481 e. The van der Waals surface area contributed by atoms with Crippen LogP contribution < -0.4 is 0 Å². The number of hydrogen-bond donors (Lipinski definition) is 1. The number of rotatable bonds is 10. The van der Waals surface area contributed by atoms with Crippen LogP contribution in [0, 0.1) is 5.82 Å². The summed E-state index contributed by atoms with van der Waals surface area (Å²) < 4.78 is 15.2. The van der Waals surface area contributed by atoms with Crippen molar-refractivity contribution in [1.82, 2.24) is 9.47 Å². The second-order valence-electron chi connectivity index (χ2n) is 9.36. The van der Waals surface area contributed by atoms with Gasteiger partial charge in [-0.05, 0) is 61.4 Å². The fraction of sp³-hybridized carbons (Fsp3) is 0.429. The van der Waals surface area contributed by atoms with Gasteiger partial charge in [0.1, 0.15) is 5.82 Å². The molecule has 6 heteroatoms. The summed E-state index contributed by atoms with van der Waals surface area (Å²) >= 11 is 0. The molecule has 34 heavy (non-hydrogen) atoms. The third kappa shape index (κ3) is 5.49. The highest BCUT2D eigenvalue weighted by Crippen LogP contribution is 2.32. The van der Waals surface area contributed by atoms with Crippen LogP contribution in [0.4, 0.5) is 4.39 Å². The van der Waals surface area contributed by atoms with Gasteiger partial charge in [-0.25, -0.2) is 4.39 Å². The summed E-state index contributed by atoms with van der Waals surface area (Å²) in [5.41, 5.74) is 4.22. The van der Waals surface area contributed by atoms with Gasteiger partial charge in [-0.1, -0.05) is 43.2 Å². The summed E-state index contributed by atoms with van der Waals surface area (Å²) in [6, 6.07) is 14.8. The van der Waals surface area contributed by atoms with Gasteiger partial charge in [0.05, 0.1) is 6.42 Å². The molecule has 1 aliphatic heterocycles. The van der Waals surface area contributed by atoms with E-state index in [-0.39, 0.29) is 24.2 Å². The first kappa shape index (κ1) is 24.0. The van der Waals surface area contributed by atoms with Gasteiger partial charge in [-0.2, -0.15) is 0 Å². The van der Waals surface area contributed by atoms with Gasteiger partial charge in [0, 0.05) is 42.7 Å². The number of aromatic nitrogens is 1. The van der Waals surface area contributed by atoms with Gasteiger partial charge in [0.15, 0.2) is 0 Å². The first-order valence-electron chi connectivity index (χ1n) is 12.2. The predicted octanol–water partition coefficient (Wildman–Crippen LogP) is 5.37. The third-order valence-electron chi connectivity index (χ3n) is 7.09. The molecule has 1 amide bonds. The molecule has 0 saturated carbocycles. The van der Waals surface area contributed by atoms with Crippen LogP contribution in [0.5, 0.6) is 0 Å². The Morgan fingerprint density at radius 1 is 1.06 bits per heavy atom. The second-order valence-corrected chi connectivity index (χ2v) is 9.36. The number of benzene rings is 2. The van der Waals surface area contributed by atoms with E-state index >= 15 is 0 Å². The number of fused-ring (bicyclic) bond motifs is 3. The Kier molecular flexibility index (Phi) is 7.66. The lowest BCUT2D eigenvalue weighted by Crippen LogP contribution is -2.42. The molecule has 1 aliphatic rings. The Labute approximate surface area is 200 Å². The van der Waals surface area contributed by atoms with Crippen molar-refractivity contribution in [1.29, 1.82) is 0 Å². The minimum absolute atomic E-state index is 0.0312. The number of carbonyl (C=O) groups is 2. The smallest absolute Gasteiger partial charge is 0.307 e. The zero-order chi connectivity index (χ0) is 24.1. The summed E-state index contributed by atoms with van der Waals surface area (Å²) in [6.07, 6.45) is 7.13. The van der Waals surface area contributed by atoms with Crippen LogP contribution in [0.25, 0.3) is 10.9 Å². The summed E-state index contributed by atoms with van der Waals surface area (Å²) in [5, 5.41) is 10.4. The van der Waals surface area contributed by atoms with E-state index in [0.29, 0.717) is 13.0 Å². The Balaban J connectivity index is 1.28. The molecule has 1 atom stereocenters. The van der Waals surface area contributed by atoms with Gasteiger partial charge in [-0.3, -0.25) is 9.59 Å². The maximum atomic E-state index is 13.0. The fourth-order valence-corrected chi connectivity index (χ4v) is 5.18. The van der Waals surface area contributed by atoms with Crippen molar-refractivity contribution in [2.75, 3.05) is 7.05 Å². The molecular weight excluding hydrogens is 431 g/mol. The first-order chi connectivity index (χ1) is 16.4. The largest absolute Gasteiger partial charge is 0.481 e. The van der Waals surface area contributed by atoms with Crippen molar-refractivity contribution in [3.05, 3.63) is 71.2 Å². The molecule has 0 fully saturated rings. The highest BCUT2D eigenvalue weighted by Gasteiger charge is 2.29. The summed E-state index contributed by atoms with van der Waals surface area (Å²) in [7, 11) is 1.90. The number of aliphatic carboxylic acids is 1. The molecule has 5 nitrogen and oxygen atoms in total. The summed E-state index contributed by atoms with van der Waals surface area (Å²) in [4.78, 5) is 26.2. The van der Waals surface area contributed by atoms with Crippen molar-refractivity contribution in [2.45, 2.75) is 70.4 Å². The maximum absolute atomic E-state index is 13.0. The minimum atomic E-state index is -0.814. The number of nitrogens with zero attached hydrogens (tertiary/aromatic N) is 2. The number of unbranched alkanes of at least 4 members (excludes halogenated alkanes) is 3. The van der Waals surface area contributed by atoms with Crippen LogP contribution in [0.1, 0.15) is 55.3 Å². The van der Waals surface area contributed by atoms with Crippen LogP contribution in [-0.2, 0) is 35.4 Å². The number of carboxylic acid groups (broad SMARTS) is 1.